The third-order valence-electron chi connectivity index (χ3n) is 4.43. The highest BCUT2D eigenvalue weighted by atomic mass is 32.2. The summed E-state index contributed by atoms with van der Waals surface area (Å²) < 4.78 is 6.83. The lowest BCUT2D eigenvalue weighted by Gasteiger charge is -2.19. The fraction of sp³-hybridized carbons (Fsp3) is 0.174. The van der Waals surface area contributed by atoms with E-state index in [4.69, 9.17) is 4.74 Å². The fourth-order valence-corrected chi connectivity index (χ4v) is 3.91. The number of nitrogens with zero attached hydrogens (tertiary/aromatic N) is 3. The van der Waals surface area contributed by atoms with E-state index in [1.54, 1.807) is 48.4 Å². The number of methoxy groups -OCH3 is 1. The molecule has 0 radical (unpaired) electrons. The van der Waals surface area contributed by atoms with Gasteiger partial charge in [-0.3, -0.25) is 14.2 Å². The molecule has 0 bridgehead atoms. The molecule has 7 heteroatoms. The van der Waals surface area contributed by atoms with E-state index in [2.05, 4.69) is 18.1 Å². The molecule has 1 aromatic heterocycles. The second kappa shape index (κ2) is 9.93. The zero-order valence-electron chi connectivity index (χ0n) is 16.8. The van der Waals surface area contributed by atoms with Gasteiger partial charge in [0.05, 0.1) is 29.5 Å². The molecule has 0 aliphatic rings. The maximum atomic E-state index is 13.3. The third kappa shape index (κ3) is 4.63. The summed E-state index contributed by atoms with van der Waals surface area (Å²) in [7, 11) is 1.57. The van der Waals surface area contributed by atoms with Gasteiger partial charge in [0.25, 0.3) is 5.56 Å². The molecule has 1 amide bonds. The molecule has 6 nitrogen and oxygen atoms in total. The molecule has 0 saturated heterocycles. The smallest absolute Gasteiger partial charge is 0.266 e. The van der Waals surface area contributed by atoms with E-state index >= 15 is 0 Å². The Bertz CT molecular complexity index is 1130. The number of rotatable bonds is 9. The van der Waals surface area contributed by atoms with Gasteiger partial charge in [0.15, 0.2) is 5.16 Å². The second-order valence-corrected chi connectivity index (χ2v) is 7.36. The average molecular weight is 422 g/mol. The van der Waals surface area contributed by atoms with Crippen LogP contribution < -0.4 is 10.3 Å². The Hall–Kier alpha value is -3.32. The molecule has 3 aromatic rings. The summed E-state index contributed by atoms with van der Waals surface area (Å²) in [5, 5.41) is 0.952. The van der Waals surface area contributed by atoms with Crippen molar-refractivity contribution in [2.45, 2.75) is 5.16 Å². The Balaban J connectivity index is 2.04. The molecular weight excluding hydrogens is 398 g/mol. The normalized spacial score (nSPS) is 10.6. The van der Waals surface area contributed by atoms with E-state index in [1.165, 1.54) is 16.3 Å². The van der Waals surface area contributed by atoms with Crippen LogP contribution in [0.1, 0.15) is 0 Å². The van der Waals surface area contributed by atoms with Crippen LogP contribution in [0.15, 0.2) is 83.8 Å². The Morgan fingerprint density at radius 3 is 2.60 bits per heavy atom. The monoisotopic (exact) mass is 421 g/mol. The first-order chi connectivity index (χ1) is 14.6. The lowest BCUT2D eigenvalue weighted by molar-refractivity contribution is -0.127. The van der Waals surface area contributed by atoms with Crippen LogP contribution in [0.3, 0.4) is 0 Å². The van der Waals surface area contributed by atoms with Gasteiger partial charge in [0, 0.05) is 19.2 Å². The highest BCUT2D eigenvalue weighted by Gasteiger charge is 2.17. The van der Waals surface area contributed by atoms with E-state index in [-0.39, 0.29) is 17.2 Å². The highest BCUT2D eigenvalue weighted by Crippen LogP contribution is 2.23. The van der Waals surface area contributed by atoms with Crippen molar-refractivity contribution in [2.24, 2.45) is 0 Å². The van der Waals surface area contributed by atoms with Crippen molar-refractivity contribution >= 4 is 28.6 Å². The largest absolute Gasteiger partial charge is 0.497 e. The molecule has 1 heterocycles. The first-order valence-electron chi connectivity index (χ1n) is 9.37. The quantitative estimate of drug-likeness (QED) is 0.300. The van der Waals surface area contributed by atoms with Gasteiger partial charge in [-0.25, -0.2) is 4.98 Å². The Morgan fingerprint density at radius 1 is 1.17 bits per heavy atom. The summed E-state index contributed by atoms with van der Waals surface area (Å²) in [6.45, 7) is 8.25. The van der Waals surface area contributed by atoms with Crippen molar-refractivity contribution in [1.29, 1.82) is 0 Å². The van der Waals surface area contributed by atoms with Gasteiger partial charge in [0.1, 0.15) is 5.75 Å². The van der Waals surface area contributed by atoms with Crippen molar-refractivity contribution in [3.8, 4) is 11.4 Å². The molecule has 30 heavy (non-hydrogen) atoms. The number of para-hydroxylation sites is 1. The Kier molecular flexibility index (Phi) is 7.08. The molecule has 3 rings (SSSR count). The lowest BCUT2D eigenvalue weighted by Crippen LogP contribution is -2.33. The zero-order valence-corrected chi connectivity index (χ0v) is 17.6. The fourth-order valence-electron chi connectivity index (χ4n) is 2.99. The van der Waals surface area contributed by atoms with Crippen LogP contribution in [0.25, 0.3) is 16.6 Å². The van der Waals surface area contributed by atoms with E-state index in [0.29, 0.717) is 40.6 Å². The molecule has 0 aliphatic carbocycles. The molecule has 0 N–H and O–H groups in total. The Morgan fingerprint density at radius 2 is 1.90 bits per heavy atom. The maximum absolute atomic E-state index is 13.3. The van der Waals surface area contributed by atoms with Gasteiger partial charge in [-0.2, -0.15) is 0 Å². The molecule has 0 saturated carbocycles. The van der Waals surface area contributed by atoms with Gasteiger partial charge in [0.2, 0.25) is 5.91 Å². The van der Waals surface area contributed by atoms with Gasteiger partial charge in [-0.05, 0) is 24.3 Å². The van der Waals surface area contributed by atoms with E-state index in [9.17, 15) is 9.59 Å². The van der Waals surface area contributed by atoms with Crippen LogP contribution in [0, 0.1) is 0 Å². The van der Waals surface area contributed by atoms with Crippen molar-refractivity contribution in [2.75, 3.05) is 26.0 Å². The topological polar surface area (TPSA) is 64.4 Å². The van der Waals surface area contributed by atoms with Crippen molar-refractivity contribution in [3.05, 3.63) is 84.2 Å². The predicted octanol–water partition coefficient (Wildman–Crippen LogP) is 3.69. The number of thioether (sulfide) groups is 1. The zero-order chi connectivity index (χ0) is 21.5. The summed E-state index contributed by atoms with van der Waals surface area (Å²) in [4.78, 5) is 32.3. The standard InChI is InChI=1S/C23H23N3O3S/c1-4-13-25(14-5-2)21(27)16-30-23-24-20-12-7-6-11-19(20)22(28)26(23)17-9-8-10-18(15-17)29-3/h4-12,15H,1-2,13-14,16H2,3H3. The number of hydrogen-bond acceptors (Lipinski definition) is 5. The van der Waals surface area contributed by atoms with E-state index < -0.39 is 0 Å². The van der Waals surface area contributed by atoms with E-state index in [0.717, 1.165) is 0 Å². The van der Waals surface area contributed by atoms with Crippen LogP contribution >= 0.6 is 11.8 Å². The first-order valence-corrected chi connectivity index (χ1v) is 10.4. The molecule has 2 aromatic carbocycles. The van der Waals surface area contributed by atoms with Crippen molar-refractivity contribution in [1.82, 2.24) is 14.5 Å². The number of carbonyl (C=O) groups excluding carboxylic acids is 1. The molecule has 0 aliphatic heterocycles. The highest BCUT2D eigenvalue weighted by molar-refractivity contribution is 7.99. The maximum Gasteiger partial charge on any atom is 0.266 e. The van der Waals surface area contributed by atoms with Crippen LogP contribution in [-0.4, -0.2) is 46.3 Å². The van der Waals surface area contributed by atoms with Gasteiger partial charge >= 0.3 is 0 Å². The summed E-state index contributed by atoms with van der Waals surface area (Å²) >= 11 is 1.22. The molecule has 0 fully saturated rings. The number of aromatic nitrogens is 2. The van der Waals surface area contributed by atoms with Crippen LogP contribution in [0.2, 0.25) is 0 Å². The van der Waals surface area contributed by atoms with Crippen LogP contribution in [0.4, 0.5) is 0 Å². The summed E-state index contributed by atoms with van der Waals surface area (Å²) in [6.07, 6.45) is 3.35. The Labute approximate surface area is 179 Å². The minimum absolute atomic E-state index is 0.0839. The third-order valence-corrected chi connectivity index (χ3v) is 5.36. The number of fused-ring (bicyclic) bond motifs is 1. The number of ether oxygens (including phenoxy) is 1. The summed E-state index contributed by atoms with van der Waals surface area (Å²) in [5.41, 5.74) is 1.02. The lowest BCUT2D eigenvalue weighted by atomic mass is 10.2. The SMILES string of the molecule is C=CCN(CC=C)C(=O)CSc1nc2ccccc2c(=O)n1-c1cccc(OC)c1. The average Bonchev–Trinajstić information content (AvgIpc) is 2.77. The predicted molar refractivity (Wildman–Crippen MR) is 122 cm³/mol. The summed E-state index contributed by atoms with van der Waals surface area (Å²) in [5.74, 6) is 0.679. The van der Waals surface area contributed by atoms with Gasteiger partial charge in [-0.1, -0.05) is 42.1 Å². The van der Waals surface area contributed by atoms with Crippen molar-refractivity contribution in [3.63, 3.8) is 0 Å². The molecular formula is C23H23N3O3S. The minimum atomic E-state index is -0.196. The van der Waals surface area contributed by atoms with Crippen LogP contribution in [0.5, 0.6) is 5.75 Å². The number of amides is 1. The first kappa shape index (κ1) is 21.4. The second-order valence-electron chi connectivity index (χ2n) is 6.42. The van der Waals surface area contributed by atoms with Gasteiger partial charge < -0.3 is 9.64 Å². The molecule has 0 spiro atoms. The van der Waals surface area contributed by atoms with Crippen molar-refractivity contribution < 1.29 is 9.53 Å². The molecule has 154 valence electrons. The van der Waals surface area contributed by atoms with Gasteiger partial charge in [-0.15, -0.1) is 13.2 Å². The number of carbonyl (C=O) groups is 1. The van der Waals surface area contributed by atoms with E-state index in [1.807, 2.05) is 24.3 Å². The molecule has 0 atom stereocenters. The van der Waals surface area contributed by atoms with Crippen LogP contribution in [-0.2, 0) is 4.79 Å². The number of benzene rings is 2. The molecule has 0 unspecified atom stereocenters. The minimum Gasteiger partial charge on any atom is -0.497 e. The number of hydrogen-bond donors (Lipinski definition) is 0. The summed E-state index contributed by atoms with van der Waals surface area (Å²) in [6, 6.07) is 14.4.